The zero-order chi connectivity index (χ0) is 20.5. The van der Waals surface area contributed by atoms with E-state index in [2.05, 4.69) is 15.3 Å². The van der Waals surface area contributed by atoms with Crippen molar-refractivity contribution in [3.05, 3.63) is 57.4 Å². The first-order valence-corrected chi connectivity index (χ1v) is 10.6. The van der Waals surface area contributed by atoms with Crippen molar-refractivity contribution in [2.45, 2.75) is 17.3 Å². The van der Waals surface area contributed by atoms with Gasteiger partial charge in [-0.1, -0.05) is 23.4 Å². The molecule has 29 heavy (non-hydrogen) atoms. The molecule has 3 heterocycles. The summed E-state index contributed by atoms with van der Waals surface area (Å²) in [5.41, 5.74) is 0.598. The first-order chi connectivity index (χ1) is 13.9. The number of nitrogens with zero attached hydrogens (tertiary/aromatic N) is 1. The maximum absolute atomic E-state index is 12.6. The monoisotopic (exact) mass is 447 g/mol. The zero-order valence-electron chi connectivity index (χ0n) is 14.9. The third-order valence-corrected chi connectivity index (χ3v) is 6.17. The lowest BCUT2D eigenvalue weighted by Crippen LogP contribution is -2.23. The molecule has 3 N–H and O–H groups in total. The van der Waals surface area contributed by atoms with Crippen molar-refractivity contribution < 1.29 is 14.3 Å². The summed E-state index contributed by atoms with van der Waals surface area (Å²) in [6, 6.07) is 7.91. The van der Waals surface area contributed by atoms with E-state index < -0.39 is 5.25 Å². The minimum absolute atomic E-state index is 0.0862. The van der Waals surface area contributed by atoms with E-state index in [0.29, 0.717) is 31.7 Å². The number of halogens is 1. The lowest BCUT2D eigenvalue weighted by atomic mass is 10.2. The van der Waals surface area contributed by atoms with Crippen molar-refractivity contribution in [1.82, 2.24) is 9.97 Å². The molecule has 7 nitrogen and oxygen atoms in total. The SMILES string of the molecule is CC(Sc1nc2scc(-c3ccco3)c2c(=O)[nH]1)C(=O)Nc1cc(Cl)ccc1O. The summed E-state index contributed by atoms with van der Waals surface area (Å²) < 4.78 is 5.38. The van der Waals surface area contributed by atoms with E-state index in [4.69, 9.17) is 16.0 Å². The first-order valence-electron chi connectivity index (χ1n) is 8.44. The largest absolute Gasteiger partial charge is 0.506 e. The molecule has 0 aliphatic rings. The molecule has 0 saturated heterocycles. The third-order valence-electron chi connectivity index (χ3n) is 4.08. The molecule has 0 saturated carbocycles. The number of phenolic OH excluding ortho intramolecular Hbond substituents is 1. The molecule has 3 aromatic heterocycles. The highest BCUT2D eigenvalue weighted by molar-refractivity contribution is 8.00. The molecule has 0 radical (unpaired) electrons. The van der Waals surface area contributed by atoms with E-state index in [-0.39, 0.29) is 22.9 Å². The maximum Gasteiger partial charge on any atom is 0.261 e. The number of carbonyl (C=O) groups excluding carboxylic acids is 1. The van der Waals surface area contributed by atoms with Crippen LogP contribution < -0.4 is 10.9 Å². The quantitative estimate of drug-likeness (QED) is 0.232. The fourth-order valence-corrected chi connectivity index (χ4v) is 4.62. The summed E-state index contributed by atoms with van der Waals surface area (Å²) >= 11 is 8.33. The Morgan fingerprint density at radius 3 is 3.00 bits per heavy atom. The van der Waals surface area contributed by atoms with Gasteiger partial charge >= 0.3 is 0 Å². The van der Waals surface area contributed by atoms with Crippen molar-refractivity contribution in [3.63, 3.8) is 0 Å². The van der Waals surface area contributed by atoms with Gasteiger partial charge in [-0.15, -0.1) is 11.3 Å². The normalized spacial score (nSPS) is 12.2. The number of benzene rings is 1. The predicted octanol–water partition coefficient (Wildman–Crippen LogP) is 4.72. The number of thioether (sulfide) groups is 1. The highest BCUT2D eigenvalue weighted by Crippen LogP contribution is 2.32. The average Bonchev–Trinajstić information content (AvgIpc) is 3.34. The van der Waals surface area contributed by atoms with E-state index in [1.54, 1.807) is 25.3 Å². The van der Waals surface area contributed by atoms with Gasteiger partial charge < -0.3 is 19.8 Å². The van der Waals surface area contributed by atoms with E-state index in [0.717, 1.165) is 11.8 Å². The van der Waals surface area contributed by atoms with Gasteiger partial charge in [0.25, 0.3) is 5.56 Å². The molecular weight excluding hydrogens is 434 g/mol. The van der Waals surface area contributed by atoms with Crippen LogP contribution in [0.3, 0.4) is 0 Å². The van der Waals surface area contributed by atoms with Gasteiger partial charge in [-0.3, -0.25) is 9.59 Å². The van der Waals surface area contributed by atoms with Gasteiger partial charge in [0.05, 0.1) is 22.6 Å². The Morgan fingerprint density at radius 1 is 1.41 bits per heavy atom. The standard InChI is InChI=1S/C19H14ClN3O4S2/c1-9(16(25)21-12-7-10(20)4-5-13(12)24)29-19-22-17(26)15-11(8-28-18(15)23-19)14-3-2-6-27-14/h2-9,24H,1H3,(H,21,25)(H,22,23,26). The Kier molecular flexibility index (Phi) is 5.35. The van der Waals surface area contributed by atoms with Crippen LogP contribution in [0.2, 0.25) is 5.02 Å². The van der Waals surface area contributed by atoms with Gasteiger partial charge in [-0.25, -0.2) is 4.98 Å². The molecule has 4 aromatic rings. The highest BCUT2D eigenvalue weighted by Gasteiger charge is 2.20. The molecule has 1 unspecified atom stereocenters. The number of phenols is 1. The third kappa shape index (κ3) is 4.02. The van der Waals surface area contributed by atoms with Crippen LogP contribution in [-0.4, -0.2) is 26.2 Å². The van der Waals surface area contributed by atoms with E-state index in [9.17, 15) is 14.7 Å². The molecule has 1 atom stereocenters. The Hall–Kier alpha value is -2.75. The second-order valence-corrected chi connectivity index (χ2v) is 8.71. The number of aromatic hydroxyl groups is 1. The van der Waals surface area contributed by atoms with Gasteiger partial charge in [-0.05, 0) is 37.3 Å². The van der Waals surface area contributed by atoms with Crippen LogP contribution in [0.15, 0.2) is 56.3 Å². The number of carbonyl (C=O) groups is 1. The molecule has 0 fully saturated rings. The summed E-state index contributed by atoms with van der Waals surface area (Å²) in [6.45, 7) is 1.68. The number of H-pyrrole nitrogens is 1. The summed E-state index contributed by atoms with van der Waals surface area (Å²) in [6.07, 6.45) is 1.54. The van der Waals surface area contributed by atoms with Crippen LogP contribution in [0.1, 0.15) is 6.92 Å². The van der Waals surface area contributed by atoms with Gasteiger partial charge in [0.1, 0.15) is 16.3 Å². The topological polar surface area (TPSA) is 108 Å². The number of fused-ring (bicyclic) bond motifs is 1. The summed E-state index contributed by atoms with van der Waals surface area (Å²) in [5, 5.41) is 14.9. The van der Waals surface area contributed by atoms with Crippen molar-refractivity contribution in [3.8, 4) is 17.1 Å². The Bertz CT molecular complexity index is 1250. The van der Waals surface area contributed by atoms with E-state index >= 15 is 0 Å². The zero-order valence-corrected chi connectivity index (χ0v) is 17.3. The lowest BCUT2D eigenvalue weighted by Gasteiger charge is -2.12. The van der Waals surface area contributed by atoms with E-state index in [1.807, 2.05) is 5.38 Å². The van der Waals surface area contributed by atoms with E-state index in [1.165, 1.54) is 29.5 Å². The molecule has 10 heteroatoms. The first kappa shape index (κ1) is 19.6. The Labute approximate surface area is 177 Å². The number of anilines is 1. The molecule has 0 spiro atoms. The number of nitrogens with one attached hydrogen (secondary N) is 2. The van der Waals surface area contributed by atoms with Gasteiger partial charge in [0, 0.05) is 16.0 Å². The second kappa shape index (κ2) is 7.94. The number of hydrogen-bond donors (Lipinski definition) is 3. The maximum atomic E-state index is 12.6. The number of amides is 1. The van der Waals surface area contributed by atoms with Gasteiger partial charge in [0.15, 0.2) is 5.16 Å². The van der Waals surface area contributed by atoms with Crippen molar-refractivity contribution in [1.29, 1.82) is 0 Å². The lowest BCUT2D eigenvalue weighted by molar-refractivity contribution is -0.115. The van der Waals surface area contributed by atoms with Crippen molar-refractivity contribution in [2.24, 2.45) is 0 Å². The highest BCUT2D eigenvalue weighted by atomic mass is 35.5. The van der Waals surface area contributed by atoms with Gasteiger partial charge in [0.2, 0.25) is 5.91 Å². The number of aromatic nitrogens is 2. The average molecular weight is 448 g/mol. The fourth-order valence-electron chi connectivity index (χ4n) is 2.66. The molecule has 148 valence electrons. The van der Waals surface area contributed by atoms with Crippen molar-refractivity contribution in [2.75, 3.05) is 5.32 Å². The molecule has 1 aromatic carbocycles. The van der Waals surface area contributed by atoms with Crippen molar-refractivity contribution >= 4 is 56.5 Å². The van der Waals surface area contributed by atoms with Crippen LogP contribution in [0, 0.1) is 0 Å². The molecule has 0 aliphatic heterocycles. The van der Waals surface area contributed by atoms with Crippen LogP contribution in [-0.2, 0) is 4.79 Å². The van der Waals surface area contributed by atoms with Crippen LogP contribution in [0.25, 0.3) is 21.5 Å². The predicted molar refractivity (Wildman–Crippen MR) is 115 cm³/mol. The summed E-state index contributed by atoms with van der Waals surface area (Å²) in [5.74, 6) is 0.146. The minimum atomic E-state index is -0.585. The van der Waals surface area contributed by atoms with Gasteiger partial charge in [-0.2, -0.15) is 0 Å². The van der Waals surface area contributed by atoms with Crippen LogP contribution in [0.4, 0.5) is 5.69 Å². The van der Waals surface area contributed by atoms with Crippen LogP contribution >= 0.6 is 34.7 Å². The number of hydrogen-bond acceptors (Lipinski definition) is 7. The second-order valence-electron chi connectivity index (χ2n) is 6.09. The molecular formula is C19H14ClN3O4S2. The Morgan fingerprint density at radius 2 is 2.24 bits per heavy atom. The Balaban J connectivity index is 1.55. The molecule has 4 rings (SSSR count). The molecule has 1 amide bonds. The summed E-state index contributed by atoms with van der Waals surface area (Å²) in [7, 11) is 0. The number of aromatic amines is 1. The smallest absolute Gasteiger partial charge is 0.261 e. The number of thiophene rings is 1. The molecule has 0 bridgehead atoms. The number of rotatable bonds is 5. The number of furan rings is 1. The summed E-state index contributed by atoms with van der Waals surface area (Å²) in [4.78, 5) is 32.8. The van der Waals surface area contributed by atoms with Crippen LogP contribution in [0.5, 0.6) is 5.75 Å². The molecule has 0 aliphatic carbocycles. The minimum Gasteiger partial charge on any atom is -0.506 e. The fraction of sp³-hybridized carbons (Fsp3) is 0.105.